The largest absolute Gasteiger partial charge is 0.618 e. The number of carbonyl (C=O) groups is 2. The van der Waals surface area contributed by atoms with E-state index in [-0.39, 0.29) is 11.7 Å². The van der Waals surface area contributed by atoms with Crippen molar-refractivity contribution in [1.82, 2.24) is 4.90 Å². The standard InChI is InChI=1S/C12H16N2O4/c1-3-9(2)13(8-11(15)16)12(17)10-6-4-5-7-14(10)18/h4-7,9H,3,8H2,1-2H3,(H,15,16)/t9-/m1/s1. The Morgan fingerprint density at radius 1 is 1.50 bits per heavy atom. The van der Waals surface area contributed by atoms with E-state index in [0.29, 0.717) is 11.2 Å². The molecule has 1 heterocycles. The minimum Gasteiger partial charge on any atom is -0.618 e. The van der Waals surface area contributed by atoms with Crippen LogP contribution in [0.15, 0.2) is 24.4 Å². The zero-order chi connectivity index (χ0) is 13.7. The summed E-state index contributed by atoms with van der Waals surface area (Å²) in [5.74, 6) is -1.67. The van der Waals surface area contributed by atoms with Gasteiger partial charge < -0.3 is 15.2 Å². The number of nitrogens with zero attached hydrogens (tertiary/aromatic N) is 2. The van der Waals surface area contributed by atoms with Gasteiger partial charge in [-0.05, 0) is 19.4 Å². The molecule has 0 bridgehead atoms. The van der Waals surface area contributed by atoms with Gasteiger partial charge in [-0.3, -0.25) is 9.59 Å². The average Bonchev–Trinajstić information content (AvgIpc) is 2.34. The molecule has 18 heavy (non-hydrogen) atoms. The summed E-state index contributed by atoms with van der Waals surface area (Å²) >= 11 is 0. The van der Waals surface area contributed by atoms with E-state index in [0.717, 1.165) is 0 Å². The van der Waals surface area contributed by atoms with E-state index in [4.69, 9.17) is 5.11 Å². The third kappa shape index (κ3) is 3.19. The number of hydrogen-bond acceptors (Lipinski definition) is 3. The lowest BCUT2D eigenvalue weighted by molar-refractivity contribution is -0.608. The van der Waals surface area contributed by atoms with Crippen molar-refractivity contribution in [3.8, 4) is 0 Å². The van der Waals surface area contributed by atoms with E-state index < -0.39 is 18.4 Å². The number of amides is 1. The van der Waals surface area contributed by atoms with Crippen molar-refractivity contribution >= 4 is 11.9 Å². The summed E-state index contributed by atoms with van der Waals surface area (Å²) in [7, 11) is 0. The summed E-state index contributed by atoms with van der Waals surface area (Å²) in [6.07, 6.45) is 1.83. The normalized spacial score (nSPS) is 11.9. The smallest absolute Gasteiger partial charge is 0.323 e. The van der Waals surface area contributed by atoms with Gasteiger partial charge in [0.1, 0.15) is 6.54 Å². The molecule has 1 N–H and O–H groups in total. The Labute approximate surface area is 105 Å². The first-order chi connectivity index (χ1) is 8.47. The Morgan fingerprint density at radius 3 is 2.67 bits per heavy atom. The van der Waals surface area contributed by atoms with Gasteiger partial charge in [-0.2, -0.15) is 4.73 Å². The lowest BCUT2D eigenvalue weighted by Crippen LogP contribution is -2.46. The number of aromatic nitrogens is 1. The molecule has 0 saturated carbocycles. The highest BCUT2D eigenvalue weighted by atomic mass is 16.5. The van der Waals surface area contributed by atoms with E-state index in [2.05, 4.69) is 0 Å². The van der Waals surface area contributed by atoms with Crippen LogP contribution >= 0.6 is 0 Å². The Bertz CT molecular complexity index is 447. The summed E-state index contributed by atoms with van der Waals surface area (Å²) in [5, 5.41) is 20.3. The first kappa shape index (κ1) is 14.0. The number of rotatable bonds is 5. The van der Waals surface area contributed by atoms with Crippen LogP contribution in [0.5, 0.6) is 0 Å². The zero-order valence-corrected chi connectivity index (χ0v) is 10.4. The monoisotopic (exact) mass is 252 g/mol. The van der Waals surface area contributed by atoms with Gasteiger partial charge in [-0.25, -0.2) is 0 Å². The lowest BCUT2D eigenvalue weighted by Gasteiger charge is -2.25. The molecular weight excluding hydrogens is 236 g/mol. The van der Waals surface area contributed by atoms with Crippen LogP contribution in [-0.4, -0.2) is 34.5 Å². The van der Waals surface area contributed by atoms with Crippen LogP contribution in [0, 0.1) is 5.21 Å². The molecule has 1 amide bonds. The first-order valence-corrected chi connectivity index (χ1v) is 5.68. The number of carbonyl (C=O) groups excluding carboxylic acids is 1. The number of aliphatic carboxylic acids is 1. The fourth-order valence-electron chi connectivity index (χ4n) is 1.53. The van der Waals surface area contributed by atoms with Crippen LogP contribution in [-0.2, 0) is 4.79 Å². The third-order valence-electron chi connectivity index (χ3n) is 2.73. The SMILES string of the molecule is CC[C@@H](C)N(CC(=O)O)C(=O)c1cccc[n+]1[O-]. The maximum atomic E-state index is 12.1. The van der Waals surface area contributed by atoms with Crippen LogP contribution in [0.25, 0.3) is 0 Å². The molecule has 0 radical (unpaired) electrons. The van der Waals surface area contributed by atoms with Crippen molar-refractivity contribution in [3.05, 3.63) is 35.3 Å². The Balaban J connectivity index is 3.02. The van der Waals surface area contributed by atoms with Gasteiger partial charge in [0.2, 0.25) is 0 Å². The van der Waals surface area contributed by atoms with Crippen molar-refractivity contribution in [2.45, 2.75) is 26.3 Å². The van der Waals surface area contributed by atoms with Crippen LogP contribution in [0.3, 0.4) is 0 Å². The molecule has 0 spiro atoms. The highest BCUT2D eigenvalue weighted by Crippen LogP contribution is 2.08. The van der Waals surface area contributed by atoms with Gasteiger partial charge in [0.05, 0.1) is 0 Å². The average molecular weight is 252 g/mol. The van der Waals surface area contributed by atoms with Gasteiger partial charge in [0.25, 0.3) is 5.69 Å². The van der Waals surface area contributed by atoms with Crippen LogP contribution < -0.4 is 4.73 Å². The Hall–Kier alpha value is -2.11. The molecule has 6 nitrogen and oxygen atoms in total. The van der Waals surface area contributed by atoms with Gasteiger partial charge in [0, 0.05) is 18.2 Å². The van der Waals surface area contributed by atoms with Crippen LogP contribution in [0.4, 0.5) is 0 Å². The molecule has 1 aromatic rings. The fourth-order valence-corrected chi connectivity index (χ4v) is 1.53. The molecule has 6 heteroatoms. The first-order valence-electron chi connectivity index (χ1n) is 5.68. The number of carboxylic acid groups (broad SMARTS) is 1. The highest BCUT2D eigenvalue weighted by Gasteiger charge is 2.27. The quantitative estimate of drug-likeness (QED) is 0.615. The van der Waals surface area contributed by atoms with E-state index in [1.165, 1.54) is 23.2 Å². The molecular formula is C12H16N2O4. The molecule has 0 aromatic carbocycles. The highest BCUT2D eigenvalue weighted by molar-refractivity contribution is 5.93. The number of hydrogen-bond donors (Lipinski definition) is 1. The van der Waals surface area contributed by atoms with E-state index in [9.17, 15) is 14.8 Å². The molecule has 0 aliphatic rings. The third-order valence-corrected chi connectivity index (χ3v) is 2.73. The minimum absolute atomic E-state index is 0.0703. The topological polar surface area (TPSA) is 84.6 Å². The van der Waals surface area contributed by atoms with Gasteiger partial charge in [-0.15, -0.1) is 0 Å². The predicted molar refractivity (Wildman–Crippen MR) is 63.8 cm³/mol. The molecule has 1 rings (SSSR count). The number of pyridine rings is 1. The van der Waals surface area contributed by atoms with Crippen molar-refractivity contribution < 1.29 is 19.4 Å². The lowest BCUT2D eigenvalue weighted by atomic mass is 10.2. The molecule has 0 fully saturated rings. The second-order valence-electron chi connectivity index (χ2n) is 4.00. The second kappa shape index (κ2) is 6.00. The van der Waals surface area contributed by atoms with Crippen molar-refractivity contribution in [1.29, 1.82) is 0 Å². The Morgan fingerprint density at radius 2 is 2.17 bits per heavy atom. The maximum Gasteiger partial charge on any atom is 0.323 e. The van der Waals surface area contributed by atoms with E-state index >= 15 is 0 Å². The number of carboxylic acids is 1. The predicted octanol–water partition coefficient (Wildman–Crippen LogP) is 0.645. The summed E-state index contributed by atoms with van der Waals surface area (Å²) in [6.45, 7) is 3.19. The van der Waals surface area contributed by atoms with Crippen LogP contribution in [0.1, 0.15) is 30.8 Å². The summed E-state index contributed by atoms with van der Waals surface area (Å²) in [6, 6.07) is 4.21. The molecule has 98 valence electrons. The van der Waals surface area contributed by atoms with Crippen molar-refractivity contribution in [2.24, 2.45) is 0 Å². The van der Waals surface area contributed by atoms with Gasteiger partial charge in [-0.1, -0.05) is 6.92 Å². The molecule has 0 aliphatic heterocycles. The molecule has 1 aromatic heterocycles. The fraction of sp³-hybridized carbons (Fsp3) is 0.417. The maximum absolute atomic E-state index is 12.1. The van der Waals surface area contributed by atoms with Crippen molar-refractivity contribution in [3.63, 3.8) is 0 Å². The van der Waals surface area contributed by atoms with E-state index in [1.54, 1.807) is 13.0 Å². The van der Waals surface area contributed by atoms with Crippen molar-refractivity contribution in [2.75, 3.05) is 6.54 Å². The molecule has 0 unspecified atom stereocenters. The van der Waals surface area contributed by atoms with Gasteiger partial charge in [0.15, 0.2) is 6.20 Å². The molecule has 0 aliphatic carbocycles. The van der Waals surface area contributed by atoms with Gasteiger partial charge >= 0.3 is 11.9 Å². The Kier molecular flexibility index (Phi) is 4.65. The summed E-state index contributed by atoms with van der Waals surface area (Å²) < 4.78 is 0.444. The minimum atomic E-state index is -1.10. The summed E-state index contributed by atoms with van der Waals surface area (Å²) in [4.78, 5) is 24.1. The second-order valence-corrected chi connectivity index (χ2v) is 4.00. The summed E-state index contributed by atoms with van der Waals surface area (Å²) in [5.41, 5.74) is -0.0703. The zero-order valence-electron chi connectivity index (χ0n) is 10.4. The van der Waals surface area contributed by atoms with E-state index in [1.807, 2.05) is 6.92 Å². The van der Waals surface area contributed by atoms with Crippen LogP contribution in [0.2, 0.25) is 0 Å². The molecule has 1 atom stereocenters. The molecule has 0 saturated heterocycles.